The Morgan fingerprint density at radius 2 is 1.96 bits per heavy atom. The van der Waals surface area contributed by atoms with E-state index in [1.807, 2.05) is 6.92 Å². The van der Waals surface area contributed by atoms with Gasteiger partial charge in [-0.2, -0.15) is 0 Å². The van der Waals surface area contributed by atoms with Crippen molar-refractivity contribution in [1.82, 2.24) is 4.72 Å². The van der Waals surface area contributed by atoms with E-state index in [-0.39, 0.29) is 38.1 Å². The molecule has 0 radical (unpaired) electrons. The summed E-state index contributed by atoms with van der Waals surface area (Å²) < 4.78 is 38.0. The van der Waals surface area contributed by atoms with Crippen LogP contribution in [0.2, 0.25) is 0 Å². The zero-order valence-corrected chi connectivity index (χ0v) is 15.4. The Balaban J connectivity index is 2.42. The van der Waals surface area contributed by atoms with Crippen LogP contribution in [0.3, 0.4) is 0 Å². The lowest BCUT2D eigenvalue weighted by Gasteiger charge is -2.11. The average molecular weight is 391 g/mol. The van der Waals surface area contributed by atoms with Crippen molar-refractivity contribution >= 4 is 37.9 Å². The van der Waals surface area contributed by atoms with Crippen molar-refractivity contribution in [2.75, 3.05) is 13.7 Å². The summed E-state index contributed by atoms with van der Waals surface area (Å²) in [6.07, 6.45) is 0.671. The van der Waals surface area contributed by atoms with E-state index in [9.17, 15) is 18.0 Å². The monoisotopic (exact) mass is 391 g/mol. The standard InChI is InChI=1S/C18H17NO7S/c1-3-6-25-15-9-11(27(23,24)19-2)8-13-16(20)12-7-10(18(21)22)4-5-14(12)26-17(13)15/h4-5,7-9,19H,3,6H2,1-2H3,(H,21,22). The molecular weight excluding hydrogens is 374 g/mol. The Bertz CT molecular complexity index is 1210. The maximum atomic E-state index is 12.9. The number of hydrogen-bond acceptors (Lipinski definition) is 6. The average Bonchev–Trinajstić information content (AvgIpc) is 2.66. The molecule has 0 aliphatic rings. The van der Waals surface area contributed by atoms with Crippen molar-refractivity contribution in [2.45, 2.75) is 18.2 Å². The van der Waals surface area contributed by atoms with E-state index in [4.69, 9.17) is 14.3 Å². The number of sulfonamides is 1. The molecular formula is C18H17NO7S. The summed E-state index contributed by atoms with van der Waals surface area (Å²) in [6.45, 7) is 2.19. The molecule has 3 rings (SSSR count). The van der Waals surface area contributed by atoms with Gasteiger partial charge in [0.1, 0.15) is 5.58 Å². The molecule has 0 atom stereocenters. The van der Waals surface area contributed by atoms with Crippen LogP contribution in [-0.4, -0.2) is 33.1 Å². The van der Waals surface area contributed by atoms with Crippen molar-refractivity contribution in [3.05, 3.63) is 46.1 Å². The maximum absolute atomic E-state index is 12.9. The van der Waals surface area contributed by atoms with Crippen molar-refractivity contribution in [2.24, 2.45) is 0 Å². The molecule has 0 saturated heterocycles. The minimum absolute atomic E-state index is 0.00698. The minimum Gasteiger partial charge on any atom is -0.490 e. The number of carboxylic acids is 1. The lowest BCUT2D eigenvalue weighted by molar-refractivity contribution is 0.0697. The number of nitrogens with one attached hydrogen (secondary N) is 1. The molecule has 0 bridgehead atoms. The third kappa shape index (κ3) is 3.38. The highest BCUT2D eigenvalue weighted by Crippen LogP contribution is 2.31. The van der Waals surface area contributed by atoms with Gasteiger partial charge in [0.25, 0.3) is 0 Å². The molecule has 0 saturated carbocycles. The molecule has 2 aromatic carbocycles. The Hall–Kier alpha value is -2.91. The Labute approximate surface area is 154 Å². The first-order valence-corrected chi connectivity index (χ1v) is 9.61. The zero-order chi connectivity index (χ0) is 19.8. The van der Waals surface area contributed by atoms with Crippen LogP contribution in [0, 0.1) is 0 Å². The Morgan fingerprint density at radius 1 is 1.22 bits per heavy atom. The lowest BCUT2D eigenvalue weighted by Crippen LogP contribution is -2.19. The molecule has 0 aliphatic carbocycles. The summed E-state index contributed by atoms with van der Waals surface area (Å²) in [4.78, 5) is 24.0. The fraction of sp³-hybridized carbons (Fsp3) is 0.222. The first-order valence-electron chi connectivity index (χ1n) is 8.12. The number of hydrogen-bond donors (Lipinski definition) is 2. The predicted octanol–water partition coefficient (Wildman–Crippen LogP) is 2.34. The molecule has 2 N–H and O–H groups in total. The van der Waals surface area contributed by atoms with Gasteiger partial charge in [0.15, 0.2) is 11.3 Å². The van der Waals surface area contributed by atoms with Crippen LogP contribution >= 0.6 is 0 Å². The number of carboxylic acid groups (broad SMARTS) is 1. The summed E-state index contributed by atoms with van der Waals surface area (Å²) in [7, 11) is -2.58. The highest BCUT2D eigenvalue weighted by molar-refractivity contribution is 7.89. The third-order valence-corrected chi connectivity index (χ3v) is 5.39. The second kappa shape index (κ2) is 7.01. The van der Waals surface area contributed by atoms with Crippen LogP contribution in [0.25, 0.3) is 21.9 Å². The van der Waals surface area contributed by atoms with Crippen molar-refractivity contribution in [3.63, 3.8) is 0 Å². The summed E-state index contributed by atoms with van der Waals surface area (Å²) in [5.41, 5.74) is -0.318. The molecule has 0 fully saturated rings. The number of aromatic carboxylic acids is 1. The van der Waals surface area contributed by atoms with Crippen LogP contribution in [0.15, 0.2) is 44.4 Å². The molecule has 0 amide bonds. The molecule has 8 nitrogen and oxygen atoms in total. The van der Waals surface area contributed by atoms with Gasteiger partial charge < -0.3 is 14.3 Å². The van der Waals surface area contributed by atoms with Crippen LogP contribution in [0.5, 0.6) is 5.75 Å². The van der Waals surface area contributed by atoms with Crippen molar-refractivity contribution < 1.29 is 27.5 Å². The van der Waals surface area contributed by atoms with Gasteiger partial charge in [-0.15, -0.1) is 0 Å². The zero-order valence-electron chi connectivity index (χ0n) is 14.6. The minimum atomic E-state index is -3.83. The molecule has 142 valence electrons. The van der Waals surface area contributed by atoms with Crippen LogP contribution in [0.4, 0.5) is 0 Å². The van der Waals surface area contributed by atoms with Crippen LogP contribution in [-0.2, 0) is 10.0 Å². The third-order valence-electron chi connectivity index (χ3n) is 4.00. The first-order chi connectivity index (χ1) is 12.8. The SMILES string of the molecule is CCCOc1cc(S(=O)(=O)NC)cc2c(=O)c3cc(C(=O)O)ccc3oc12. The Morgan fingerprint density at radius 3 is 2.59 bits per heavy atom. The van der Waals surface area contributed by atoms with Gasteiger partial charge in [-0.25, -0.2) is 17.9 Å². The van der Waals surface area contributed by atoms with Crippen molar-refractivity contribution in [1.29, 1.82) is 0 Å². The second-order valence-corrected chi connectivity index (χ2v) is 7.69. The smallest absolute Gasteiger partial charge is 0.335 e. The molecule has 0 aliphatic heterocycles. The predicted molar refractivity (Wildman–Crippen MR) is 99.0 cm³/mol. The van der Waals surface area contributed by atoms with E-state index in [1.54, 1.807) is 0 Å². The highest BCUT2D eigenvalue weighted by atomic mass is 32.2. The quantitative estimate of drug-likeness (QED) is 0.618. The maximum Gasteiger partial charge on any atom is 0.335 e. The van der Waals surface area contributed by atoms with Crippen LogP contribution in [0.1, 0.15) is 23.7 Å². The topological polar surface area (TPSA) is 123 Å². The van der Waals surface area contributed by atoms with Crippen LogP contribution < -0.4 is 14.9 Å². The highest BCUT2D eigenvalue weighted by Gasteiger charge is 2.20. The van der Waals surface area contributed by atoms with E-state index < -0.39 is 21.4 Å². The molecule has 0 spiro atoms. The second-order valence-electron chi connectivity index (χ2n) is 5.80. The van der Waals surface area contributed by atoms with Gasteiger partial charge in [-0.3, -0.25) is 4.79 Å². The fourth-order valence-electron chi connectivity index (χ4n) is 2.63. The van der Waals surface area contributed by atoms with Gasteiger partial charge >= 0.3 is 5.97 Å². The summed E-state index contributed by atoms with van der Waals surface area (Å²) in [5.74, 6) is -1.06. The number of fused-ring (bicyclic) bond motifs is 2. The number of carbonyl (C=O) groups is 1. The van der Waals surface area contributed by atoms with Crippen molar-refractivity contribution in [3.8, 4) is 5.75 Å². The van der Waals surface area contributed by atoms with Gasteiger partial charge in [-0.1, -0.05) is 6.92 Å². The van der Waals surface area contributed by atoms with E-state index >= 15 is 0 Å². The lowest BCUT2D eigenvalue weighted by atomic mass is 10.1. The summed E-state index contributed by atoms with van der Waals surface area (Å²) in [5, 5.41) is 9.17. The first kappa shape index (κ1) is 18.9. The number of rotatable bonds is 6. The van der Waals surface area contributed by atoms with E-state index in [1.165, 1.54) is 37.4 Å². The fourth-order valence-corrected chi connectivity index (χ4v) is 3.40. The molecule has 27 heavy (non-hydrogen) atoms. The molecule has 0 unspecified atom stereocenters. The number of benzene rings is 2. The van der Waals surface area contributed by atoms with Gasteiger partial charge in [0.2, 0.25) is 15.5 Å². The van der Waals surface area contributed by atoms with E-state index in [0.29, 0.717) is 13.0 Å². The number of ether oxygens (including phenoxy) is 1. The van der Waals surface area contributed by atoms with E-state index in [2.05, 4.69) is 4.72 Å². The molecule has 3 aromatic rings. The Kier molecular flexibility index (Phi) is 4.90. The normalized spacial score (nSPS) is 11.8. The van der Waals surface area contributed by atoms with Gasteiger partial charge in [0, 0.05) is 6.07 Å². The summed E-state index contributed by atoms with van der Waals surface area (Å²) in [6, 6.07) is 6.41. The molecule has 9 heteroatoms. The van der Waals surface area contributed by atoms with E-state index in [0.717, 1.165) is 0 Å². The van der Waals surface area contributed by atoms with Gasteiger partial charge in [-0.05, 0) is 37.7 Å². The summed E-state index contributed by atoms with van der Waals surface area (Å²) >= 11 is 0. The molecule has 1 aromatic heterocycles. The van der Waals surface area contributed by atoms with Gasteiger partial charge in [0.05, 0.1) is 27.8 Å². The molecule has 1 heterocycles. The largest absolute Gasteiger partial charge is 0.490 e.